The summed E-state index contributed by atoms with van der Waals surface area (Å²) in [5.74, 6) is -2.97. The second-order valence-corrected chi connectivity index (χ2v) is 11.3. The Morgan fingerprint density at radius 2 is 1.59 bits per heavy atom. The third-order valence-corrected chi connectivity index (χ3v) is 8.69. The van der Waals surface area contributed by atoms with Crippen LogP contribution in [0.4, 0.5) is 13.2 Å². The monoisotopic (exact) mass is 601 g/mol. The molecule has 4 N–H and O–H groups in total. The Hall–Kier alpha value is -4.15. The normalized spacial score (nSPS) is 14.9. The summed E-state index contributed by atoms with van der Waals surface area (Å²) < 4.78 is 67.7. The van der Waals surface area contributed by atoms with Crippen LogP contribution in [0.2, 0.25) is 0 Å². The van der Waals surface area contributed by atoms with Crippen molar-refractivity contribution in [3.05, 3.63) is 54.2 Å². The molecule has 12 nitrogen and oxygen atoms in total. The van der Waals surface area contributed by atoms with Crippen LogP contribution in [0.3, 0.4) is 0 Å². The van der Waals surface area contributed by atoms with Gasteiger partial charge in [0.25, 0.3) is 11.8 Å². The predicted octanol–water partition coefficient (Wildman–Crippen LogP) is 3.12. The van der Waals surface area contributed by atoms with Crippen LogP contribution in [0.15, 0.2) is 53.4 Å². The minimum absolute atomic E-state index is 0.0572. The lowest BCUT2D eigenvalue weighted by molar-refractivity contribution is -0.192. The number of hydroxylamine groups is 1. The van der Waals surface area contributed by atoms with Crippen LogP contribution >= 0.6 is 0 Å². The van der Waals surface area contributed by atoms with Gasteiger partial charge in [-0.25, -0.2) is 18.7 Å². The van der Waals surface area contributed by atoms with Crippen LogP contribution in [0, 0.1) is 0 Å². The number of aliphatic carboxylic acids is 1. The fourth-order valence-corrected chi connectivity index (χ4v) is 5.94. The summed E-state index contributed by atoms with van der Waals surface area (Å²) in [5, 5.41) is 17.1. The Morgan fingerprint density at radius 3 is 2.10 bits per heavy atom. The molecule has 0 aliphatic carbocycles. The summed E-state index contributed by atoms with van der Waals surface area (Å²) in [6, 6.07) is 12.8. The number of nitrogens with one attached hydrogen (secondary N) is 2. The number of fused-ring (bicyclic) bond motifs is 1. The molecule has 0 unspecified atom stereocenters. The summed E-state index contributed by atoms with van der Waals surface area (Å²) in [6.45, 7) is 0.189. The van der Waals surface area contributed by atoms with Gasteiger partial charge in [-0.1, -0.05) is 0 Å². The second kappa shape index (κ2) is 12.2. The number of hydrogen-bond donors (Lipinski definition) is 4. The first-order valence-corrected chi connectivity index (χ1v) is 13.3. The molecule has 2 aromatic carbocycles. The number of ether oxygens (including phenoxy) is 2. The van der Waals surface area contributed by atoms with Gasteiger partial charge in [-0.3, -0.25) is 14.8 Å². The zero-order valence-electron chi connectivity index (χ0n) is 21.7. The van der Waals surface area contributed by atoms with E-state index in [0.29, 0.717) is 17.2 Å². The van der Waals surface area contributed by atoms with Crippen LogP contribution in [0.5, 0.6) is 11.5 Å². The highest BCUT2D eigenvalue weighted by Gasteiger charge is 2.52. The van der Waals surface area contributed by atoms with Crippen LogP contribution < -0.4 is 10.2 Å². The lowest BCUT2D eigenvalue weighted by Gasteiger charge is -2.34. The molecule has 0 atom stereocenters. The Labute approximate surface area is 231 Å². The van der Waals surface area contributed by atoms with Crippen molar-refractivity contribution in [2.24, 2.45) is 0 Å². The van der Waals surface area contributed by atoms with E-state index in [1.54, 1.807) is 38.4 Å². The van der Waals surface area contributed by atoms with Crippen LogP contribution in [0.1, 0.15) is 23.3 Å². The van der Waals surface area contributed by atoms with Gasteiger partial charge in [0.15, 0.2) is 14.6 Å². The maximum atomic E-state index is 13.3. The fourth-order valence-electron chi connectivity index (χ4n) is 4.00. The number of alkyl halides is 3. The van der Waals surface area contributed by atoms with Gasteiger partial charge in [0.2, 0.25) is 0 Å². The van der Waals surface area contributed by atoms with E-state index >= 15 is 0 Å². The number of rotatable bonds is 6. The molecule has 1 aliphatic rings. The molecule has 0 radical (unpaired) electrons. The number of hydrogen-bond acceptors (Lipinski definition) is 8. The molecule has 1 aromatic heterocycles. The van der Waals surface area contributed by atoms with Crippen molar-refractivity contribution in [1.29, 1.82) is 0 Å². The van der Waals surface area contributed by atoms with Gasteiger partial charge in [-0.05, 0) is 61.4 Å². The Kier molecular flexibility index (Phi) is 9.30. The van der Waals surface area contributed by atoms with E-state index in [-0.39, 0.29) is 36.9 Å². The molecule has 3 aromatic rings. The Morgan fingerprint density at radius 1 is 1.02 bits per heavy atom. The third-order valence-electron chi connectivity index (χ3n) is 6.17. The van der Waals surface area contributed by atoms with E-state index in [0.717, 1.165) is 10.9 Å². The highest BCUT2D eigenvalue weighted by Crippen LogP contribution is 2.36. The molecular formula is C25H26F3N3O9S. The first-order valence-electron chi connectivity index (χ1n) is 11.8. The first-order chi connectivity index (χ1) is 19.1. The predicted molar refractivity (Wildman–Crippen MR) is 136 cm³/mol. The van der Waals surface area contributed by atoms with Crippen molar-refractivity contribution in [1.82, 2.24) is 15.4 Å². The molecule has 0 bridgehead atoms. The second-order valence-electron chi connectivity index (χ2n) is 9.06. The van der Waals surface area contributed by atoms with Gasteiger partial charge in [0.1, 0.15) is 17.2 Å². The van der Waals surface area contributed by atoms with E-state index < -0.39 is 32.6 Å². The topological polar surface area (TPSA) is 175 Å². The lowest BCUT2D eigenvalue weighted by atomic mass is 9.98. The number of aromatic nitrogens is 1. The van der Waals surface area contributed by atoms with Crippen molar-refractivity contribution in [3.8, 4) is 11.5 Å². The van der Waals surface area contributed by atoms with Gasteiger partial charge >= 0.3 is 12.1 Å². The molecule has 4 rings (SSSR count). The van der Waals surface area contributed by atoms with Gasteiger partial charge in [0, 0.05) is 38.2 Å². The van der Waals surface area contributed by atoms with E-state index in [1.165, 1.54) is 34.6 Å². The van der Waals surface area contributed by atoms with Crippen molar-refractivity contribution >= 4 is 38.5 Å². The Bertz CT molecular complexity index is 1530. The average molecular weight is 602 g/mol. The van der Waals surface area contributed by atoms with Crippen molar-refractivity contribution < 1.29 is 55.8 Å². The van der Waals surface area contributed by atoms with Crippen LogP contribution in [-0.2, 0) is 24.2 Å². The zero-order valence-corrected chi connectivity index (χ0v) is 22.5. The number of carbonyl (C=O) groups is 3. The maximum absolute atomic E-state index is 13.3. The fraction of sp³-hybridized carbons (Fsp3) is 0.320. The summed E-state index contributed by atoms with van der Waals surface area (Å²) in [7, 11) is -0.768. The van der Waals surface area contributed by atoms with Crippen LogP contribution in [0.25, 0.3) is 10.9 Å². The standard InChI is InChI=1S/C23H25N3O7S.C2HF3O2/c1-26(2)21(27)20-14-15-13-17(5-8-19(15)24-20)33-16-3-6-18(7-4-16)34(30,31)23(22(28)25-29)9-11-32-12-10-23;3-2(4,5)1(6)7/h3-8,13-14,24,29H,9-12H2,1-2H3,(H,25,28);(H,6,7). The highest BCUT2D eigenvalue weighted by molar-refractivity contribution is 7.93. The average Bonchev–Trinajstić information content (AvgIpc) is 3.36. The van der Waals surface area contributed by atoms with Crippen LogP contribution in [-0.4, -0.2) is 84.6 Å². The van der Waals surface area contributed by atoms with Gasteiger partial charge in [0.05, 0.1) is 4.90 Å². The van der Waals surface area contributed by atoms with Crippen molar-refractivity contribution in [3.63, 3.8) is 0 Å². The SMILES string of the molecule is CN(C)C(=O)c1cc2cc(Oc3ccc(S(=O)(=O)C4(C(=O)NO)CCOCC4)cc3)ccc2[nH]1.O=C(O)C(F)(F)F. The van der Waals surface area contributed by atoms with Gasteiger partial charge < -0.3 is 24.5 Å². The summed E-state index contributed by atoms with van der Waals surface area (Å²) >= 11 is 0. The first kappa shape index (κ1) is 31.4. The van der Waals surface area contributed by atoms with E-state index in [2.05, 4.69) is 4.98 Å². The molecule has 0 spiro atoms. The zero-order chi connectivity index (χ0) is 30.6. The van der Waals surface area contributed by atoms with Gasteiger partial charge in [-0.15, -0.1) is 0 Å². The molecule has 2 amide bonds. The summed E-state index contributed by atoms with van der Waals surface area (Å²) in [6.07, 6.45) is -5.20. The van der Waals surface area contributed by atoms with E-state index in [1.807, 2.05) is 0 Å². The van der Waals surface area contributed by atoms with Crippen molar-refractivity contribution in [2.75, 3.05) is 27.3 Å². The molecular weight excluding hydrogens is 575 g/mol. The molecule has 1 fully saturated rings. The van der Waals surface area contributed by atoms with Crippen molar-refractivity contribution in [2.45, 2.75) is 28.7 Å². The quantitative estimate of drug-likeness (QED) is 0.244. The number of benzene rings is 2. The Balaban J connectivity index is 0.000000587. The van der Waals surface area contributed by atoms with E-state index in [9.17, 15) is 31.2 Å². The molecule has 41 heavy (non-hydrogen) atoms. The molecule has 0 saturated carbocycles. The van der Waals surface area contributed by atoms with Gasteiger partial charge in [-0.2, -0.15) is 13.2 Å². The number of halogens is 3. The lowest BCUT2D eigenvalue weighted by Crippen LogP contribution is -2.54. The number of amides is 2. The molecule has 1 aliphatic heterocycles. The smallest absolute Gasteiger partial charge is 0.475 e. The molecule has 222 valence electrons. The molecule has 1 saturated heterocycles. The minimum Gasteiger partial charge on any atom is -0.475 e. The minimum atomic E-state index is -5.08. The number of carbonyl (C=O) groups excluding carboxylic acids is 2. The molecule has 16 heteroatoms. The maximum Gasteiger partial charge on any atom is 0.490 e. The molecule has 2 heterocycles. The highest BCUT2D eigenvalue weighted by atomic mass is 32.2. The summed E-state index contributed by atoms with van der Waals surface area (Å²) in [4.78, 5) is 37.9. The summed E-state index contributed by atoms with van der Waals surface area (Å²) in [5.41, 5.74) is 2.74. The number of sulfone groups is 1. The number of carboxylic acid groups (broad SMARTS) is 1. The number of carboxylic acids is 1. The van der Waals surface area contributed by atoms with E-state index in [4.69, 9.17) is 24.6 Å². The third kappa shape index (κ3) is 6.78. The number of nitrogens with zero attached hydrogens (tertiary/aromatic N) is 1. The largest absolute Gasteiger partial charge is 0.490 e. The number of H-pyrrole nitrogens is 1. The number of aromatic amines is 1.